The maximum Gasteiger partial charge on any atom is 0.142 e. The lowest BCUT2D eigenvalue weighted by molar-refractivity contribution is 0.602. The first-order valence-corrected chi connectivity index (χ1v) is 9.13. The van der Waals surface area contributed by atoms with Crippen LogP contribution in [0.5, 0.6) is 0 Å². The lowest BCUT2D eigenvalue weighted by atomic mass is 10.0. The van der Waals surface area contributed by atoms with Gasteiger partial charge in [-0.05, 0) is 17.2 Å². The topological polar surface area (TPSA) is 13.1 Å². The molecule has 1 nitrogen and oxygen atoms in total. The van der Waals surface area contributed by atoms with Crippen LogP contribution in [0.2, 0.25) is 0 Å². The Kier molecular flexibility index (Phi) is 3.84. The van der Waals surface area contributed by atoms with Crippen molar-refractivity contribution in [1.29, 1.82) is 0 Å². The summed E-state index contributed by atoms with van der Waals surface area (Å²) in [4.78, 5) is 0. The predicted octanol–water partition coefficient (Wildman–Crippen LogP) is 7.43. The quantitative estimate of drug-likeness (QED) is 0.331. The maximum atomic E-state index is 6.43. The van der Waals surface area contributed by atoms with E-state index in [2.05, 4.69) is 84.9 Å². The molecule has 1 heteroatoms. The summed E-state index contributed by atoms with van der Waals surface area (Å²) in [5, 5.41) is 2.28. The zero-order valence-electron chi connectivity index (χ0n) is 14.8. The molecule has 0 fully saturated rings. The van der Waals surface area contributed by atoms with Gasteiger partial charge in [-0.1, -0.05) is 103 Å². The molecule has 0 atom stereocenters. The fourth-order valence-electron chi connectivity index (χ4n) is 3.58. The van der Waals surface area contributed by atoms with Crippen molar-refractivity contribution in [3.63, 3.8) is 0 Å². The molecule has 5 aromatic rings. The maximum absolute atomic E-state index is 6.43. The lowest BCUT2D eigenvalue weighted by Crippen LogP contribution is -1.80. The summed E-state index contributed by atoms with van der Waals surface area (Å²) in [6, 6.07) is 37.7. The second-order valence-electron chi connectivity index (χ2n) is 6.62. The Hall–Kier alpha value is -3.58. The molecule has 5 rings (SSSR count). The molecule has 0 saturated heterocycles. The summed E-state index contributed by atoms with van der Waals surface area (Å²) in [5.41, 5.74) is 4.59. The van der Waals surface area contributed by atoms with Gasteiger partial charge in [0.1, 0.15) is 11.5 Å². The standard InChI is InChI=1S/C26H18O/c1-3-10-19(11-4-1)21-14-9-15-22(18-21)26-24-17-8-7-16-23(24)25(27-26)20-12-5-2-6-13-20/h1-18H. The van der Waals surface area contributed by atoms with E-state index < -0.39 is 0 Å². The van der Waals surface area contributed by atoms with Gasteiger partial charge < -0.3 is 4.42 Å². The van der Waals surface area contributed by atoms with Crippen molar-refractivity contribution < 1.29 is 4.42 Å². The first-order chi connectivity index (χ1) is 13.4. The van der Waals surface area contributed by atoms with E-state index in [1.54, 1.807) is 0 Å². The summed E-state index contributed by atoms with van der Waals surface area (Å²) in [6.45, 7) is 0. The van der Waals surface area contributed by atoms with E-state index in [-0.39, 0.29) is 0 Å². The highest BCUT2D eigenvalue weighted by Crippen LogP contribution is 2.39. The SMILES string of the molecule is c1ccc(-c2cccc(-c3oc(-c4ccccc4)c4ccccc34)c2)cc1. The Morgan fingerprint density at radius 2 is 0.852 bits per heavy atom. The average Bonchev–Trinajstić information content (AvgIpc) is 3.15. The van der Waals surface area contributed by atoms with Crippen molar-refractivity contribution in [2.45, 2.75) is 0 Å². The van der Waals surface area contributed by atoms with Crippen LogP contribution in [0.3, 0.4) is 0 Å². The molecular formula is C26H18O. The summed E-state index contributed by atoms with van der Waals surface area (Å²) in [7, 11) is 0. The summed E-state index contributed by atoms with van der Waals surface area (Å²) >= 11 is 0. The Bertz CT molecular complexity index is 1200. The molecule has 0 bridgehead atoms. The van der Waals surface area contributed by atoms with Gasteiger partial charge in [0.2, 0.25) is 0 Å². The number of fused-ring (bicyclic) bond motifs is 1. The molecule has 0 aliphatic carbocycles. The molecule has 0 aliphatic heterocycles. The number of benzene rings is 4. The van der Waals surface area contributed by atoms with E-state index in [1.165, 1.54) is 11.1 Å². The molecule has 0 unspecified atom stereocenters. The molecule has 1 heterocycles. The number of hydrogen-bond acceptors (Lipinski definition) is 1. The smallest absolute Gasteiger partial charge is 0.142 e. The highest BCUT2D eigenvalue weighted by molar-refractivity contribution is 6.02. The van der Waals surface area contributed by atoms with Gasteiger partial charge >= 0.3 is 0 Å². The summed E-state index contributed by atoms with van der Waals surface area (Å²) < 4.78 is 6.43. The monoisotopic (exact) mass is 346 g/mol. The minimum Gasteiger partial charge on any atom is -0.455 e. The van der Waals surface area contributed by atoms with Gasteiger partial charge in [0, 0.05) is 21.9 Å². The molecule has 0 N–H and O–H groups in total. The van der Waals surface area contributed by atoms with Gasteiger partial charge in [0.05, 0.1) is 0 Å². The van der Waals surface area contributed by atoms with Crippen LogP contribution < -0.4 is 0 Å². The molecule has 27 heavy (non-hydrogen) atoms. The molecule has 0 spiro atoms. The van der Waals surface area contributed by atoms with E-state index >= 15 is 0 Å². The molecule has 0 saturated carbocycles. The van der Waals surface area contributed by atoms with Crippen LogP contribution in [0, 0.1) is 0 Å². The number of furan rings is 1. The largest absolute Gasteiger partial charge is 0.455 e. The summed E-state index contributed by atoms with van der Waals surface area (Å²) in [5.74, 6) is 1.84. The van der Waals surface area contributed by atoms with E-state index in [0.717, 1.165) is 33.4 Å². The molecule has 0 radical (unpaired) electrons. The fourth-order valence-corrected chi connectivity index (χ4v) is 3.58. The van der Waals surface area contributed by atoms with Crippen molar-refractivity contribution in [2.75, 3.05) is 0 Å². The molecular weight excluding hydrogens is 328 g/mol. The molecule has 0 amide bonds. The van der Waals surface area contributed by atoms with Gasteiger partial charge in [0.15, 0.2) is 0 Å². The van der Waals surface area contributed by atoms with E-state index in [1.807, 2.05) is 24.3 Å². The first kappa shape index (κ1) is 15.7. The second-order valence-corrected chi connectivity index (χ2v) is 6.62. The van der Waals surface area contributed by atoms with Crippen molar-refractivity contribution in [3.8, 4) is 33.8 Å². The Balaban J connectivity index is 1.71. The minimum absolute atomic E-state index is 0.919. The number of hydrogen-bond donors (Lipinski definition) is 0. The van der Waals surface area contributed by atoms with Crippen LogP contribution in [0.1, 0.15) is 0 Å². The van der Waals surface area contributed by atoms with Crippen molar-refractivity contribution in [1.82, 2.24) is 0 Å². The van der Waals surface area contributed by atoms with Crippen LogP contribution >= 0.6 is 0 Å². The van der Waals surface area contributed by atoms with Gasteiger partial charge in [-0.2, -0.15) is 0 Å². The number of rotatable bonds is 3. The van der Waals surface area contributed by atoms with Gasteiger partial charge in [-0.3, -0.25) is 0 Å². The van der Waals surface area contributed by atoms with Crippen LogP contribution in [0.15, 0.2) is 114 Å². The lowest BCUT2D eigenvalue weighted by Gasteiger charge is -2.04. The molecule has 128 valence electrons. The Morgan fingerprint density at radius 1 is 0.370 bits per heavy atom. The third kappa shape index (κ3) is 2.84. The highest BCUT2D eigenvalue weighted by atomic mass is 16.3. The highest BCUT2D eigenvalue weighted by Gasteiger charge is 2.16. The third-order valence-electron chi connectivity index (χ3n) is 4.89. The van der Waals surface area contributed by atoms with E-state index in [4.69, 9.17) is 4.42 Å². The third-order valence-corrected chi connectivity index (χ3v) is 4.89. The van der Waals surface area contributed by atoms with Crippen LogP contribution in [0.25, 0.3) is 44.5 Å². The van der Waals surface area contributed by atoms with Gasteiger partial charge in [-0.25, -0.2) is 0 Å². The zero-order chi connectivity index (χ0) is 18.1. The molecule has 4 aromatic carbocycles. The van der Waals surface area contributed by atoms with Crippen LogP contribution in [-0.4, -0.2) is 0 Å². The summed E-state index contributed by atoms with van der Waals surface area (Å²) in [6.07, 6.45) is 0. The first-order valence-electron chi connectivity index (χ1n) is 9.13. The zero-order valence-corrected chi connectivity index (χ0v) is 14.8. The molecule has 0 aliphatic rings. The van der Waals surface area contributed by atoms with Crippen molar-refractivity contribution >= 4 is 10.8 Å². The fraction of sp³-hybridized carbons (Fsp3) is 0. The van der Waals surface area contributed by atoms with Crippen LogP contribution in [-0.2, 0) is 0 Å². The van der Waals surface area contributed by atoms with Gasteiger partial charge in [-0.15, -0.1) is 0 Å². The minimum atomic E-state index is 0.919. The van der Waals surface area contributed by atoms with Crippen LogP contribution in [0.4, 0.5) is 0 Å². The normalized spacial score (nSPS) is 11.0. The van der Waals surface area contributed by atoms with Crippen molar-refractivity contribution in [3.05, 3.63) is 109 Å². The second kappa shape index (κ2) is 6.62. The van der Waals surface area contributed by atoms with E-state index in [0.29, 0.717) is 0 Å². The van der Waals surface area contributed by atoms with Crippen molar-refractivity contribution in [2.24, 2.45) is 0 Å². The predicted molar refractivity (Wildman–Crippen MR) is 113 cm³/mol. The van der Waals surface area contributed by atoms with E-state index in [9.17, 15) is 0 Å². The average molecular weight is 346 g/mol. The Labute approximate surface area is 158 Å². The Morgan fingerprint density at radius 3 is 1.52 bits per heavy atom. The van der Waals surface area contributed by atoms with Gasteiger partial charge in [0.25, 0.3) is 0 Å². The molecule has 1 aromatic heterocycles.